The van der Waals surface area contributed by atoms with Crippen LogP contribution in [-0.2, 0) is 32.2 Å². The minimum Gasteiger partial charge on any atom is -0.481 e. The number of fused-ring (bicyclic) bond motifs is 2. The van der Waals surface area contributed by atoms with E-state index in [1.54, 1.807) is 0 Å². The number of carboxylic acids is 1. The second kappa shape index (κ2) is 14.7. The summed E-state index contributed by atoms with van der Waals surface area (Å²) in [7, 11) is 0. The van der Waals surface area contributed by atoms with Gasteiger partial charge in [-0.15, -0.1) is 0 Å². The Morgan fingerprint density at radius 1 is 0.918 bits per heavy atom. The van der Waals surface area contributed by atoms with Crippen molar-refractivity contribution in [2.24, 2.45) is 16.7 Å². The third-order valence-electron chi connectivity index (χ3n) is 10.8. The van der Waals surface area contributed by atoms with Crippen LogP contribution in [0.3, 0.4) is 0 Å². The lowest BCUT2D eigenvalue weighted by molar-refractivity contribution is -0.276. The van der Waals surface area contributed by atoms with Gasteiger partial charge in [0, 0.05) is 50.0 Å². The molecule has 2 unspecified atom stereocenters. The maximum atomic E-state index is 12.3. The molecule has 3 aromatic carbocycles. The minimum absolute atomic E-state index is 0.00974. The third-order valence-corrected chi connectivity index (χ3v) is 10.8. The number of amides is 1. The highest BCUT2D eigenvalue weighted by molar-refractivity contribution is 5.77. The Morgan fingerprint density at radius 3 is 2.35 bits per heavy atom. The first kappa shape index (κ1) is 35.3. The highest BCUT2D eigenvalue weighted by Gasteiger charge is 2.51. The van der Waals surface area contributed by atoms with Crippen molar-refractivity contribution in [2.75, 3.05) is 13.1 Å². The SMILES string of the molecule is C[C@@H]1[C@H](CN2CC3(C)CC2CC(C)(C)C3)O[C@H](c2ccc(-c3ccccc3CNC(=O)CCCC(=O)O)cc2)O[C@@H]1c1ccc(CO)cc1. The lowest BCUT2D eigenvalue weighted by atomic mass is 9.65. The van der Waals surface area contributed by atoms with Crippen LogP contribution in [0.5, 0.6) is 0 Å². The van der Waals surface area contributed by atoms with E-state index in [4.69, 9.17) is 14.6 Å². The van der Waals surface area contributed by atoms with Crippen LogP contribution in [-0.4, -0.2) is 52.2 Å². The fourth-order valence-corrected chi connectivity index (χ4v) is 8.81. The van der Waals surface area contributed by atoms with Gasteiger partial charge in [-0.25, -0.2) is 0 Å². The van der Waals surface area contributed by atoms with Crippen molar-refractivity contribution in [3.8, 4) is 11.1 Å². The highest BCUT2D eigenvalue weighted by atomic mass is 16.7. The second-order valence-electron chi connectivity index (χ2n) is 15.8. The molecule has 0 aromatic heterocycles. The van der Waals surface area contributed by atoms with E-state index in [9.17, 15) is 14.7 Å². The number of likely N-dealkylation sites (tertiary alicyclic amines) is 1. The van der Waals surface area contributed by atoms with Gasteiger partial charge >= 0.3 is 5.97 Å². The van der Waals surface area contributed by atoms with Crippen molar-refractivity contribution in [1.82, 2.24) is 10.2 Å². The summed E-state index contributed by atoms with van der Waals surface area (Å²) in [6, 6.07) is 25.0. The van der Waals surface area contributed by atoms with Crippen molar-refractivity contribution < 1.29 is 29.3 Å². The van der Waals surface area contributed by atoms with Gasteiger partial charge in [0.25, 0.3) is 0 Å². The number of hydrogen-bond donors (Lipinski definition) is 3. The minimum atomic E-state index is -0.893. The van der Waals surface area contributed by atoms with Crippen LogP contribution in [0.4, 0.5) is 0 Å². The normalized spacial score (nSPS) is 27.9. The zero-order chi connectivity index (χ0) is 34.8. The number of carbonyl (C=O) groups is 2. The molecule has 3 N–H and O–H groups in total. The van der Waals surface area contributed by atoms with E-state index in [1.807, 2.05) is 36.4 Å². The number of nitrogens with one attached hydrogen (secondary N) is 1. The summed E-state index contributed by atoms with van der Waals surface area (Å²) in [6.07, 6.45) is 3.50. The molecule has 2 heterocycles. The quantitative estimate of drug-likeness (QED) is 0.185. The van der Waals surface area contributed by atoms with Gasteiger partial charge in [0.1, 0.15) is 0 Å². The average molecular weight is 669 g/mol. The number of benzene rings is 3. The molecule has 3 fully saturated rings. The van der Waals surface area contributed by atoms with Crippen LogP contribution in [0, 0.1) is 16.7 Å². The van der Waals surface area contributed by atoms with Gasteiger partial charge in [-0.05, 0) is 64.3 Å². The summed E-state index contributed by atoms with van der Waals surface area (Å²) >= 11 is 0. The largest absolute Gasteiger partial charge is 0.481 e. The van der Waals surface area contributed by atoms with E-state index in [1.165, 1.54) is 19.3 Å². The fraction of sp³-hybridized carbons (Fsp3) is 0.512. The maximum Gasteiger partial charge on any atom is 0.303 e. The summed E-state index contributed by atoms with van der Waals surface area (Å²) in [5.74, 6) is -0.921. The molecule has 6 atom stereocenters. The molecule has 1 amide bonds. The predicted octanol–water partition coefficient (Wildman–Crippen LogP) is 7.41. The monoisotopic (exact) mass is 668 g/mol. The molecule has 49 heavy (non-hydrogen) atoms. The molecule has 2 aliphatic heterocycles. The van der Waals surface area contributed by atoms with Crippen molar-refractivity contribution in [2.45, 2.75) is 104 Å². The van der Waals surface area contributed by atoms with E-state index in [-0.39, 0.29) is 43.5 Å². The number of aliphatic hydroxyl groups excluding tert-OH is 1. The van der Waals surface area contributed by atoms with Gasteiger partial charge in [-0.2, -0.15) is 0 Å². The number of rotatable bonds is 12. The summed E-state index contributed by atoms with van der Waals surface area (Å²) in [5, 5.41) is 21.4. The first-order valence-corrected chi connectivity index (χ1v) is 17.8. The van der Waals surface area contributed by atoms with E-state index in [0.717, 1.165) is 46.5 Å². The second-order valence-corrected chi connectivity index (χ2v) is 15.8. The summed E-state index contributed by atoms with van der Waals surface area (Å²) in [6.45, 7) is 11.9. The Hall–Kier alpha value is -3.56. The van der Waals surface area contributed by atoms with Crippen LogP contribution in [0.1, 0.15) is 101 Å². The first-order chi connectivity index (χ1) is 23.4. The molecule has 6 rings (SSSR count). The molecule has 3 aromatic rings. The third kappa shape index (κ3) is 8.43. The molecule has 8 heteroatoms. The Labute approximate surface area is 290 Å². The Kier molecular flexibility index (Phi) is 10.6. The van der Waals surface area contributed by atoms with Crippen LogP contribution in [0.25, 0.3) is 11.1 Å². The first-order valence-electron chi connectivity index (χ1n) is 17.8. The van der Waals surface area contributed by atoms with Crippen LogP contribution in [0.2, 0.25) is 0 Å². The van der Waals surface area contributed by atoms with E-state index < -0.39 is 12.3 Å². The molecule has 3 aliphatic rings. The van der Waals surface area contributed by atoms with Gasteiger partial charge in [-0.3, -0.25) is 14.5 Å². The standard InChI is InChI=1S/C41H52N2O6/c1-27-35(23-43-26-41(4)21-33(43)20-40(2,3)25-41)48-39(49-38(27)30-14-12-28(24-44)13-15-30)31-18-16-29(17-19-31)34-9-6-5-8-32(34)22-42-36(45)10-7-11-37(46)47/h5-6,8-9,12-19,27,33,35,38-39,44H,7,10-11,20-26H2,1-4H3,(H,42,45)(H,46,47)/t27-,33?,35+,38+,39+,41?/m1/s1. The molecular formula is C41H52N2O6. The number of carbonyl (C=O) groups excluding carboxylic acids is 1. The van der Waals surface area contributed by atoms with Crippen LogP contribution >= 0.6 is 0 Å². The lowest BCUT2D eigenvalue weighted by Crippen LogP contribution is -2.46. The van der Waals surface area contributed by atoms with Gasteiger partial charge in [0.2, 0.25) is 5.91 Å². The van der Waals surface area contributed by atoms with Crippen molar-refractivity contribution in [1.29, 1.82) is 0 Å². The molecular weight excluding hydrogens is 616 g/mol. The molecule has 2 bridgehead atoms. The molecule has 1 aliphatic carbocycles. The number of carboxylic acid groups (broad SMARTS) is 1. The Bertz CT molecular complexity index is 1600. The smallest absolute Gasteiger partial charge is 0.303 e. The van der Waals surface area contributed by atoms with E-state index >= 15 is 0 Å². The summed E-state index contributed by atoms with van der Waals surface area (Å²) in [4.78, 5) is 25.8. The molecule has 262 valence electrons. The van der Waals surface area contributed by atoms with Gasteiger partial charge in [0.15, 0.2) is 6.29 Å². The molecule has 8 nitrogen and oxygen atoms in total. The van der Waals surface area contributed by atoms with Gasteiger partial charge < -0.3 is 25.0 Å². The van der Waals surface area contributed by atoms with Crippen LogP contribution in [0.15, 0.2) is 72.8 Å². The zero-order valence-electron chi connectivity index (χ0n) is 29.4. The molecule has 0 spiro atoms. The molecule has 1 saturated carbocycles. The topological polar surface area (TPSA) is 108 Å². The fourth-order valence-electron chi connectivity index (χ4n) is 8.81. The molecule has 2 saturated heterocycles. The average Bonchev–Trinajstić information content (AvgIpc) is 3.31. The maximum absolute atomic E-state index is 12.3. The van der Waals surface area contributed by atoms with Crippen molar-refractivity contribution in [3.63, 3.8) is 0 Å². The number of aliphatic carboxylic acids is 1. The summed E-state index contributed by atoms with van der Waals surface area (Å²) < 4.78 is 13.6. The number of aliphatic hydroxyl groups is 1. The Morgan fingerprint density at radius 2 is 1.63 bits per heavy atom. The predicted molar refractivity (Wildman–Crippen MR) is 189 cm³/mol. The van der Waals surface area contributed by atoms with Crippen molar-refractivity contribution in [3.05, 3.63) is 95.1 Å². The highest BCUT2D eigenvalue weighted by Crippen LogP contribution is 2.53. The summed E-state index contributed by atoms with van der Waals surface area (Å²) in [5.41, 5.74) is 6.65. The Balaban J connectivity index is 1.20. The van der Waals surface area contributed by atoms with Crippen molar-refractivity contribution >= 4 is 11.9 Å². The van der Waals surface area contributed by atoms with Gasteiger partial charge in [-0.1, -0.05) is 100 Å². The zero-order valence-corrected chi connectivity index (χ0v) is 29.4. The molecule has 0 radical (unpaired) electrons. The number of nitrogens with zero attached hydrogens (tertiary/aromatic N) is 1. The van der Waals surface area contributed by atoms with Crippen LogP contribution < -0.4 is 5.32 Å². The van der Waals surface area contributed by atoms with E-state index in [0.29, 0.717) is 29.8 Å². The lowest BCUT2D eigenvalue weighted by Gasteiger charge is -2.43. The number of ether oxygens (including phenoxy) is 2. The van der Waals surface area contributed by atoms with E-state index in [2.05, 4.69) is 74.3 Å². The van der Waals surface area contributed by atoms with Gasteiger partial charge in [0.05, 0.1) is 18.8 Å². The number of hydrogen-bond acceptors (Lipinski definition) is 6.